The number of amides is 1. The van der Waals surface area contributed by atoms with Gasteiger partial charge in [-0.15, -0.1) is 0 Å². The van der Waals surface area contributed by atoms with Gasteiger partial charge in [-0.25, -0.2) is 0 Å². The van der Waals surface area contributed by atoms with Gasteiger partial charge in [0, 0.05) is 47.3 Å². The van der Waals surface area contributed by atoms with Crippen LogP contribution in [0.15, 0.2) is 22.7 Å². The number of nitro benzene ring substituents is 1. The van der Waals surface area contributed by atoms with Crippen LogP contribution in [0.25, 0.3) is 0 Å². The molecule has 1 amide bonds. The van der Waals surface area contributed by atoms with E-state index in [-0.39, 0.29) is 17.6 Å². The van der Waals surface area contributed by atoms with Gasteiger partial charge in [0.15, 0.2) is 0 Å². The molecule has 2 aliphatic rings. The molecule has 7 heteroatoms. The van der Waals surface area contributed by atoms with Gasteiger partial charge in [-0.2, -0.15) is 0 Å². The van der Waals surface area contributed by atoms with Gasteiger partial charge in [-0.3, -0.25) is 14.9 Å². The Bertz CT molecular complexity index is 617. The third-order valence-corrected chi connectivity index (χ3v) is 5.38. The summed E-state index contributed by atoms with van der Waals surface area (Å²) in [5.41, 5.74) is 0.891. The van der Waals surface area contributed by atoms with Gasteiger partial charge in [-0.1, -0.05) is 12.8 Å². The van der Waals surface area contributed by atoms with Crippen LogP contribution in [0.1, 0.15) is 32.1 Å². The van der Waals surface area contributed by atoms with Crippen LogP contribution >= 0.6 is 15.9 Å². The lowest BCUT2D eigenvalue weighted by molar-refractivity contribution is -0.384. The highest BCUT2D eigenvalue weighted by Gasteiger charge is 2.32. The van der Waals surface area contributed by atoms with Crippen molar-refractivity contribution in [2.45, 2.75) is 38.1 Å². The second kappa shape index (κ2) is 6.86. The number of nitrogens with zero attached hydrogens (tertiary/aromatic N) is 2. The molecule has 124 valence electrons. The maximum absolute atomic E-state index is 12.4. The fraction of sp³-hybridized carbons (Fsp3) is 0.562. The van der Waals surface area contributed by atoms with E-state index in [2.05, 4.69) is 21.2 Å². The van der Waals surface area contributed by atoms with Gasteiger partial charge in [-0.05, 0) is 41.3 Å². The molecular weight excluding hydrogens is 362 g/mol. The molecule has 1 aliphatic heterocycles. The van der Waals surface area contributed by atoms with E-state index in [0.29, 0.717) is 16.9 Å². The number of rotatable bonds is 4. The topological polar surface area (TPSA) is 75.5 Å². The van der Waals surface area contributed by atoms with Crippen molar-refractivity contribution < 1.29 is 9.72 Å². The van der Waals surface area contributed by atoms with Crippen molar-refractivity contribution in [1.29, 1.82) is 0 Å². The summed E-state index contributed by atoms with van der Waals surface area (Å²) in [6.07, 6.45) is 5.30. The molecule has 1 saturated carbocycles. The number of nitrogens with one attached hydrogen (secondary N) is 1. The highest BCUT2D eigenvalue weighted by Crippen LogP contribution is 2.30. The van der Waals surface area contributed by atoms with E-state index >= 15 is 0 Å². The number of hydrogen-bond acceptors (Lipinski definition) is 4. The monoisotopic (exact) mass is 381 g/mol. The Labute approximate surface area is 143 Å². The summed E-state index contributed by atoms with van der Waals surface area (Å²) in [6, 6.07) is 4.89. The van der Waals surface area contributed by atoms with Crippen molar-refractivity contribution in [2.24, 2.45) is 5.92 Å². The molecule has 1 heterocycles. The molecule has 1 unspecified atom stereocenters. The van der Waals surface area contributed by atoms with E-state index in [0.717, 1.165) is 31.5 Å². The summed E-state index contributed by atoms with van der Waals surface area (Å²) >= 11 is 3.37. The molecule has 0 spiro atoms. The van der Waals surface area contributed by atoms with Crippen molar-refractivity contribution in [3.05, 3.63) is 32.8 Å². The molecule has 1 aromatic rings. The second-order valence-corrected chi connectivity index (χ2v) is 7.17. The van der Waals surface area contributed by atoms with E-state index in [9.17, 15) is 14.9 Å². The Hall–Kier alpha value is -1.63. The highest BCUT2D eigenvalue weighted by molar-refractivity contribution is 9.10. The summed E-state index contributed by atoms with van der Waals surface area (Å²) in [5.74, 6) is 0.523. The Morgan fingerprint density at radius 2 is 2.04 bits per heavy atom. The van der Waals surface area contributed by atoms with E-state index in [4.69, 9.17) is 0 Å². The third-order valence-electron chi connectivity index (χ3n) is 4.73. The fourth-order valence-electron chi connectivity index (χ4n) is 3.46. The molecule has 0 bridgehead atoms. The predicted octanol–water partition coefficient (Wildman–Crippen LogP) is 3.56. The lowest BCUT2D eigenvalue weighted by Gasteiger charge is -2.21. The van der Waals surface area contributed by atoms with Crippen LogP contribution in [0.3, 0.4) is 0 Å². The summed E-state index contributed by atoms with van der Waals surface area (Å²) in [5, 5.41) is 14.2. The number of nitro groups is 1. The lowest BCUT2D eigenvalue weighted by atomic mass is 10.1. The zero-order valence-electron chi connectivity index (χ0n) is 12.8. The maximum atomic E-state index is 12.4. The van der Waals surface area contributed by atoms with Crippen molar-refractivity contribution in [3.8, 4) is 0 Å². The normalized spacial score (nSPS) is 21.6. The van der Waals surface area contributed by atoms with Gasteiger partial charge in [0.25, 0.3) is 5.69 Å². The molecule has 2 fully saturated rings. The number of likely N-dealkylation sites (tertiary alicyclic amines) is 1. The highest BCUT2D eigenvalue weighted by atomic mass is 79.9. The first-order chi connectivity index (χ1) is 11.0. The summed E-state index contributed by atoms with van der Waals surface area (Å²) in [4.78, 5) is 24.8. The van der Waals surface area contributed by atoms with Crippen LogP contribution in [-0.4, -0.2) is 34.9 Å². The van der Waals surface area contributed by atoms with Gasteiger partial charge >= 0.3 is 0 Å². The second-order valence-electron chi connectivity index (χ2n) is 6.32. The number of non-ortho nitro benzene ring substituents is 1. The average molecular weight is 382 g/mol. The standard InChI is InChI=1S/C16H20BrN3O3/c17-14-9-13(20(22)23)5-6-15(14)18-12-7-8-19(10-12)16(21)11-3-1-2-4-11/h5-6,9,11-12,18H,1-4,7-8,10H2. The molecule has 1 saturated heterocycles. The van der Waals surface area contributed by atoms with Crippen LogP contribution in [-0.2, 0) is 4.79 Å². The minimum Gasteiger partial charge on any atom is -0.380 e. The quantitative estimate of drug-likeness (QED) is 0.638. The number of hydrogen-bond donors (Lipinski definition) is 1. The van der Waals surface area contributed by atoms with Gasteiger partial charge in [0.2, 0.25) is 5.91 Å². The van der Waals surface area contributed by atoms with Crippen LogP contribution in [0, 0.1) is 16.0 Å². The number of halogens is 1. The Morgan fingerprint density at radius 1 is 1.30 bits per heavy atom. The zero-order chi connectivity index (χ0) is 16.4. The number of carbonyl (C=O) groups is 1. The summed E-state index contributed by atoms with van der Waals surface area (Å²) in [7, 11) is 0. The lowest BCUT2D eigenvalue weighted by Crippen LogP contribution is -2.35. The first-order valence-corrected chi connectivity index (χ1v) is 8.83. The summed E-state index contributed by atoms with van der Waals surface area (Å²) < 4.78 is 0.673. The minimum absolute atomic E-state index is 0.0619. The molecule has 1 atom stereocenters. The number of carbonyl (C=O) groups excluding carboxylic acids is 1. The predicted molar refractivity (Wildman–Crippen MR) is 91.4 cm³/mol. The Kier molecular flexibility index (Phi) is 4.84. The summed E-state index contributed by atoms with van der Waals surface area (Å²) in [6.45, 7) is 1.50. The van der Waals surface area contributed by atoms with E-state index in [1.54, 1.807) is 6.07 Å². The zero-order valence-corrected chi connectivity index (χ0v) is 14.4. The SMILES string of the molecule is O=C(C1CCCC1)N1CCC(Nc2ccc([N+](=O)[O-])cc2Br)C1. The van der Waals surface area contributed by atoms with Crippen LogP contribution < -0.4 is 5.32 Å². The van der Waals surface area contributed by atoms with Crippen LogP contribution in [0.5, 0.6) is 0 Å². The molecule has 23 heavy (non-hydrogen) atoms. The molecule has 1 N–H and O–H groups in total. The largest absolute Gasteiger partial charge is 0.380 e. The van der Waals surface area contributed by atoms with Crippen molar-refractivity contribution in [2.75, 3.05) is 18.4 Å². The molecular formula is C16H20BrN3O3. The van der Waals surface area contributed by atoms with Crippen molar-refractivity contribution in [3.63, 3.8) is 0 Å². The van der Waals surface area contributed by atoms with E-state index in [1.807, 2.05) is 4.90 Å². The van der Waals surface area contributed by atoms with Crippen LogP contribution in [0.4, 0.5) is 11.4 Å². The van der Waals surface area contributed by atoms with Gasteiger partial charge < -0.3 is 10.2 Å². The molecule has 0 radical (unpaired) electrons. The van der Waals surface area contributed by atoms with Crippen LogP contribution in [0.2, 0.25) is 0 Å². The molecule has 1 aliphatic carbocycles. The first kappa shape index (κ1) is 16.2. The molecule has 6 nitrogen and oxygen atoms in total. The van der Waals surface area contributed by atoms with E-state index in [1.165, 1.54) is 25.0 Å². The molecule has 3 rings (SSSR count). The maximum Gasteiger partial charge on any atom is 0.270 e. The third kappa shape index (κ3) is 3.65. The minimum atomic E-state index is -0.411. The van der Waals surface area contributed by atoms with Gasteiger partial charge in [0.1, 0.15) is 0 Å². The molecule has 1 aromatic carbocycles. The molecule has 0 aromatic heterocycles. The van der Waals surface area contributed by atoms with E-state index < -0.39 is 4.92 Å². The average Bonchev–Trinajstić information content (AvgIpc) is 3.19. The van der Waals surface area contributed by atoms with Gasteiger partial charge in [0.05, 0.1) is 4.92 Å². The first-order valence-electron chi connectivity index (χ1n) is 8.04. The van der Waals surface area contributed by atoms with Crippen molar-refractivity contribution in [1.82, 2.24) is 4.90 Å². The number of benzene rings is 1. The fourth-order valence-corrected chi connectivity index (χ4v) is 3.94. The smallest absolute Gasteiger partial charge is 0.270 e. The van der Waals surface area contributed by atoms with Crippen molar-refractivity contribution >= 4 is 33.2 Å². The Morgan fingerprint density at radius 3 is 2.70 bits per heavy atom. The number of anilines is 1. The Balaban J connectivity index is 1.59.